The third-order valence-corrected chi connectivity index (χ3v) is 23.6. The van der Waals surface area contributed by atoms with Crippen LogP contribution in [0.5, 0.6) is 11.5 Å². The van der Waals surface area contributed by atoms with Crippen LogP contribution in [0, 0.1) is 21.6 Å². The summed E-state index contributed by atoms with van der Waals surface area (Å²) in [5, 5.41) is 117. The summed E-state index contributed by atoms with van der Waals surface area (Å²) in [7, 11) is 1.47. The number of phenolic OH excluding ortho intramolecular Hbond substituents is 2. The Morgan fingerprint density at radius 2 is 0.852 bits per heavy atom. The number of carbonyl (C=O) groups excluding carboxylic acids is 13. The largest absolute Gasteiger partial charge is 0.508 e. The van der Waals surface area contributed by atoms with Crippen molar-refractivity contribution in [2.45, 2.75) is 220 Å². The van der Waals surface area contributed by atoms with Crippen molar-refractivity contribution in [3.05, 3.63) is 95.7 Å². The van der Waals surface area contributed by atoms with Crippen molar-refractivity contribution in [1.29, 1.82) is 21.6 Å². The van der Waals surface area contributed by atoms with E-state index in [1.165, 1.54) is 48.5 Å². The Morgan fingerprint density at radius 3 is 1.33 bits per heavy atom. The highest BCUT2D eigenvalue weighted by molar-refractivity contribution is 8.76. The molecule has 744 valence electrons. The number of aliphatic carboxylic acids is 2. The van der Waals surface area contributed by atoms with Gasteiger partial charge in [0.2, 0.25) is 76.8 Å². The van der Waals surface area contributed by atoms with Crippen molar-refractivity contribution in [3.8, 4) is 11.5 Å². The van der Waals surface area contributed by atoms with Gasteiger partial charge in [-0.25, -0.2) is 4.79 Å². The molecule has 0 aliphatic carbocycles. The maximum absolute atomic E-state index is 15.8. The molecule has 2 heterocycles. The molecule has 3 aromatic carbocycles. The Morgan fingerprint density at radius 1 is 0.437 bits per heavy atom. The second-order valence-electron chi connectivity index (χ2n) is 32.0. The van der Waals surface area contributed by atoms with Crippen LogP contribution < -0.4 is 136 Å². The number of hydrogen-bond donors (Lipinski definition) is 34. The zero-order chi connectivity index (χ0) is 99.5. The number of carboxylic acids is 2. The molecule has 0 radical (unpaired) electrons. The minimum atomic E-state index is -1.92. The molecule has 135 heavy (non-hydrogen) atoms. The van der Waals surface area contributed by atoms with Crippen molar-refractivity contribution in [3.63, 3.8) is 0 Å². The highest BCUT2D eigenvalue weighted by Crippen LogP contribution is 2.26. The number of rotatable bonds is 46. The average molecular weight is 1930 g/mol. The van der Waals surface area contributed by atoms with Crippen molar-refractivity contribution < 1.29 is 92.3 Å². The van der Waals surface area contributed by atoms with Gasteiger partial charge in [0.25, 0.3) is 0 Å². The number of fused-ring (bicyclic) bond motifs is 1. The number of carboxylic acid groups (broad SMARTS) is 2. The standard InChI is InChI=1S/C84H132N30O19S2/c85-32-6-3-16-54-69(121)102-43-66(117)103-61(39-46-22-26-49(115)27-23-46)75(127)108-58(20-11-37-99-83(93)94)71(123)106-56(18-5-8-34-87)73(125)113-64(78(130)110-60(80(132)133)21-12-38-100-84(95)96)44-134-135-45-65(79(131)111-62(40-47-24-28-50(116)29-25-47)76(128)109-59(30-31-67(118)119)74(126)107-55(70(122)105-54)17-4-7-33-86)114-77(129)63(41-48-42-101-53-15-2-1-13-51(48)53)112-72(124)57(19-10-36-98-82(91)92)104-68(120)52(88)14-9-35-97-81(89)90/h1-2,13,15,22-29,42,52,54-65,101,115-116H,3-12,14,16-21,30-41,43-45,85-88H2,(H,102,121)(H,103,117)(H,104,120)(H,105,122)(H,106,123)(H,107,126)(H,108,127)(H,109,128)(H,110,130)(H,111,131)(H,112,124)(H,113,125)(H,114,129)(H,118,119)(H,132,133)(H4,89,90,97)(H4,91,92,98)(H4,93,94,99)(H4,95,96,100)/t52-,54-,55-,56-,57-,58-,59-,60-,61-,62-,63-,64-,65-/m0/s1. The van der Waals surface area contributed by atoms with Crippen LogP contribution >= 0.6 is 21.6 Å². The Kier molecular flexibility index (Phi) is 50.3. The van der Waals surface area contributed by atoms with Crippen LogP contribution in [0.15, 0.2) is 79.0 Å². The Bertz CT molecular complexity index is 4630. The molecule has 13 amide bonds. The lowest BCUT2D eigenvalue weighted by molar-refractivity contribution is -0.142. The number of aromatic nitrogens is 1. The molecule has 1 aliphatic rings. The predicted molar refractivity (Wildman–Crippen MR) is 505 cm³/mol. The molecule has 0 unspecified atom stereocenters. The van der Waals surface area contributed by atoms with E-state index in [0.29, 0.717) is 28.5 Å². The summed E-state index contributed by atoms with van der Waals surface area (Å²) in [5.41, 5.74) is 47.8. The van der Waals surface area contributed by atoms with Gasteiger partial charge in [-0.3, -0.25) is 88.8 Å². The summed E-state index contributed by atoms with van der Waals surface area (Å²) in [6.45, 7) is -0.493. The van der Waals surface area contributed by atoms with E-state index < -0.39 is 222 Å². The predicted octanol–water partition coefficient (Wildman–Crippen LogP) is -6.35. The molecule has 0 bridgehead atoms. The molecule has 0 spiro atoms. The first-order valence-electron chi connectivity index (χ1n) is 44.3. The lowest BCUT2D eigenvalue weighted by Gasteiger charge is -2.28. The molecule has 1 saturated heterocycles. The maximum atomic E-state index is 15.8. The number of unbranched alkanes of at least 4 members (excludes halogenated alkanes) is 3. The van der Waals surface area contributed by atoms with Gasteiger partial charge in [0.15, 0.2) is 23.8 Å². The molecular weight excluding hydrogens is 1800 g/mol. The maximum Gasteiger partial charge on any atom is 0.326 e. The summed E-state index contributed by atoms with van der Waals surface area (Å²) >= 11 is 0. The van der Waals surface area contributed by atoms with Gasteiger partial charge >= 0.3 is 11.9 Å². The number of amides is 13. The third kappa shape index (κ3) is 42.9. The SMILES string of the molecule is N=C(N)NCCC[C@H](NC(=O)[C@@H]1CSSC[C@H](NC(=O)[C@H](Cc2c[nH]c3ccccc23)NC(=O)[C@H](CCCNC(=N)N)NC(=O)[C@@H](N)CCCNC(=N)N)C(=O)N[C@@H](Cc2ccc(O)cc2)C(=O)N[C@@H](CCC(=O)O)C(=O)N[C@@H](CCCCN)C(=O)N[C@@H](CCCCN)C(=O)NCC(=O)N[C@@H](Cc2ccc(O)cc2)C(=O)N[C@@H](CCCNC(=N)N)C(=O)N[C@@H](CCCCN)C(=O)N1)C(=O)O. The minimum absolute atomic E-state index is 0.000108. The molecule has 13 atom stereocenters. The monoisotopic (exact) mass is 1930 g/mol. The summed E-state index contributed by atoms with van der Waals surface area (Å²) in [6, 6.07) is -4.02. The smallest absolute Gasteiger partial charge is 0.326 e. The first-order chi connectivity index (χ1) is 64.4. The molecule has 49 nitrogen and oxygen atoms in total. The average Bonchev–Trinajstić information content (AvgIpc) is 1.70. The number of nitrogens with two attached hydrogens (primary N) is 8. The van der Waals surface area contributed by atoms with Gasteiger partial charge in [0.1, 0.15) is 84.0 Å². The van der Waals surface area contributed by atoms with Gasteiger partial charge in [-0.1, -0.05) is 64.1 Å². The van der Waals surface area contributed by atoms with Crippen LogP contribution in [-0.4, -0.2) is 280 Å². The van der Waals surface area contributed by atoms with E-state index in [4.69, 9.17) is 67.5 Å². The molecule has 1 aromatic heterocycles. The van der Waals surface area contributed by atoms with Crippen molar-refractivity contribution in [2.75, 3.05) is 63.9 Å². The van der Waals surface area contributed by atoms with E-state index in [1.54, 1.807) is 30.5 Å². The second-order valence-corrected chi connectivity index (χ2v) is 34.6. The first-order valence-corrected chi connectivity index (χ1v) is 46.8. The molecule has 1 fully saturated rings. The van der Waals surface area contributed by atoms with E-state index in [-0.39, 0.29) is 184 Å². The number of guanidine groups is 4. The van der Waals surface area contributed by atoms with E-state index in [1.807, 2.05) is 0 Å². The molecule has 42 N–H and O–H groups in total. The molecule has 5 rings (SSSR count). The number of para-hydroxylation sites is 1. The van der Waals surface area contributed by atoms with Crippen molar-refractivity contribution in [2.24, 2.45) is 45.9 Å². The number of nitrogens with one attached hydrogen (secondary N) is 22. The Hall–Kier alpha value is -13.5. The zero-order valence-electron chi connectivity index (χ0n) is 75.0. The molecule has 51 heteroatoms. The minimum Gasteiger partial charge on any atom is -0.508 e. The number of H-pyrrole nitrogens is 1. The molecular formula is C84H132N30O19S2. The van der Waals surface area contributed by atoms with Crippen LogP contribution in [0.1, 0.15) is 139 Å². The van der Waals surface area contributed by atoms with E-state index in [0.717, 1.165) is 21.6 Å². The molecule has 1 aliphatic heterocycles. The van der Waals surface area contributed by atoms with Gasteiger partial charge in [0.05, 0.1) is 12.6 Å². The normalized spacial score (nSPS) is 19.8. The van der Waals surface area contributed by atoms with Crippen LogP contribution in [-0.2, 0) is 91.2 Å². The zero-order valence-corrected chi connectivity index (χ0v) is 76.6. The number of hydrogen-bond acceptors (Lipinski definition) is 27. The highest BCUT2D eigenvalue weighted by Gasteiger charge is 2.39. The quantitative estimate of drug-likeness (QED) is 0.00847. The summed E-state index contributed by atoms with van der Waals surface area (Å²) < 4.78 is 0. The Labute approximate surface area is 787 Å². The van der Waals surface area contributed by atoms with Crippen LogP contribution in [0.2, 0.25) is 0 Å². The number of aromatic hydroxyl groups is 2. The number of benzene rings is 3. The first kappa shape index (κ1) is 112. The second kappa shape index (κ2) is 60.6. The highest BCUT2D eigenvalue weighted by atomic mass is 33.1. The van der Waals surface area contributed by atoms with Gasteiger partial charge in [0, 0.05) is 80.5 Å². The van der Waals surface area contributed by atoms with Crippen LogP contribution in [0.25, 0.3) is 10.9 Å². The topological polar surface area (TPSA) is 861 Å². The van der Waals surface area contributed by atoms with E-state index in [2.05, 4.69) is 95.4 Å². The number of aromatic amines is 1. The van der Waals surface area contributed by atoms with Crippen molar-refractivity contribution in [1.82, 2.24) is 95.4 Å². The van der Waals surface area contributed by atoms with Crippen molar-refractivity contribution >= 4 is 145 Å². The fraction of sp³-hybridized carbons (Fsp3) is 0.536. The van der Waals surface area contributed by atoms with Crippen LogP contribution in [0.3, 0.4) is 0 Å². The summed E-state index contributed by atoms with van der Waals surface area (Å²) in [6.07, 6.45) is -0.791. The molecule has 0 saturated carbocycles. The van der Waals surface area contributed by atoms with Gasteiger partial charge < -0.3 is 162 Å². The fourth-order valence-corrected chi connectivity index (χ4v) is 16.2. The number of carbonyl (C=O) groups is 15. The van der Waals surface area contributed by atoms with E-state index >= 15 is 33.6 Å². The van der Waals surface area contributed by atoms with Crippen LogP contribution in [0.4, 0.5) is 0 Å². The van der Waals surface area contributed by atoms with Gasteiger partial charge in [-0.15, -0.1) is 0 Å². The molecule has 4 aromatic rings. The lowest BCUT2D eigenvalue weighted by atomic mass is 10.0. The lowest BCUT2D eigenvalue weighted by Crippen LogP contribution is -2.61. The van der Waals surface area contributed by atoms with E-state index in [9.17, 15) is 58.8 Å². The summed E-state index contributed by atoms with van der Waals surface area (Å²) in [5.74, 6) is -20.0. The Balaban J connectivity index is 1.79. The van der Waals surface area contributed by atoms with Gasteiger partial charge in [-0.05, 0) is 182 Å². The fourth-order valence-electron chi connectivity index (χ4n) is 13.9. The number of phenols is 2. The third-order valence-electron chi connectivity index (χ3n) is 21.2. The van der Waals surface area contributed by atoms with Gasteiger partial charge in [-0.2, -0.15) is 0 Å². The summed E-state index contributed by atoms with van der Waals surface area (Å²) in [4.78, 5) is 223.